The molecular weight excluding hydrogens is 283 g/mol. The van der Waals surface area contributed by atoms with E-state index in [0.717, 1.165) is 18.5 Å². The smallest absolute Gasteiger partial charge is 0.406 e. The summed E-state index contributed by atoms with van der Waals surface area (Å²) in [5, 5.41) is 3.35. The van der Waals surface area contributed by atoms with Crippen molar-refractivity contribution in [3.8, 4) is 5.75 Å². The predicted molar refractivity (Wildman–Crippen MR) is 75.3 cm³/mol. The zero-order chi connectivity index (χ0) is 15.9. The van der Waals surface area contributed by atoms with Crippen LogP contribution in [0, 0.1) is 5.92 Å². The molecule has 1 aromatic carbocycles. The fourth-order valence-corrected chi connectivity index (χ4v) is 1.97. The zero-order valence-corrected chi connectivity index (χ0v) is 12.5. The lowest BCUT2D eigenvalue weighted by Gasteiger charge is -2.21. The molecule has 0 saturated heterocycles. The van der Waals surface area contributed by atoms with Gasteiger partial charge in [0, 0.05) is 19.7 Å². The Bertz CT molecular complexity index is 406. The second kappa shape index (κ2) is 8.24. The van der Waals surface area contributed by atoms with Crippen molar-refractivity contribution >= 4 is 0 Å². The Balaban J connectivity index is 2.47. The van der Waals surface area contributed by atoms with Crippen molar-refractivity contribution in [3.63, 3.8) is 0 Å². The Labute approximate surface area is 123 Å². The molecule has 0 aliphatic heterocycles. The zero-order valence-electron chi connectivity index (χ0n) is 12.5. The highest BCUT2D eigenvalue weighted by Gasteiger charge is 2.30. The van der Waals surface area contributed by atoms with Crippen molar-refractivity contribution in [1.82, 2.24) is 5.32 Å². The topological polar surface area (TPSA) is 30.5 Å². The normalized spacial score (nSPS) is 14.8. The van der Waals surface area contributed by atoms with Gasteiger partial charge in [0.2, 0.25) is 0 Å². The van der Waals surface area contributed by atoms with E-state index in [1.165, 1.54) is 12.1 Å². The first kappa shape index (κ1) is 17.8. The molecule has 0 radical (unpaired) electrons. The summed E-state index contributed by atoms with van der Waals surface area (Å²) < 4.78 is 45.0. The van der Waals surface area contributed by atoms with Crippen molar-refractivity contribution in [1.29, 1.82) is 0 Å². The molecule has 1 N–H and O–H groups in total. The average Bonchev–Trinajstić information content (AvgIpc) is 2.39. The van der Waals surface area contributed by atoms with Crippen molar-refractivity contribution in [2.45, 2.75) is 32.7 Å². The first-order valence-electron chi connectivity index (χ1n) is 6.89. The Hall–Kier alpha value is -1.27. The minimum atomic E-state index is -4.64. The lowest BCUT2D eigenvalue weighted by atomic mass is 9.95. The number of hydrogen-bond acceptors (Lipinski definition) is 3. The van der Waals surface area contributed by atoms with E-state index < -0.39 is 6.36 Å². The minimum Gasteiger partial charge on any atom is -0.406 e. The van der Waals surface area contributed by atoms with Gasteiger partial charge in [0.15, 0.2) is 0 Å². The molecular formula is C15H22F3NO2. The molecule has 3 nitrogen and oxygen atoms in total. The van der Waals surface area contributed by atoms with Crippen LogP contribution in [0.2, 0.25) is 0 Å². The Morgan fingerprint density at radius 2 is 1.76 bits per heavy atom. The number of hydrogen-bond donors (Lipinski definition) is 1. The summed E-state index contributed by atoms with van der Waals surface area (Å²) in [6.07, 6.45) is -3.86. The standard InChI is InChI=1S/C15H22F3NO2/c1-11(12(2)19-8-9-20-3)10-13-4-6-14(7-5-13)21-15(16,17)18/h4-7,11-12,19H,8-10H2,1-3H3. The van der Waals surface area contributed by atoms with Crippen LogP contribution in [-0.2, 0) is 11.2 Å². The molecule has 0 bridgehead atoms. The summed E-state index contributed by atoms with van der Waals surface area (Å²) in [5.41, 5.74) is 0.984. The fourth-order valence-electron chi connectivity index (χ4n) is 1.97. The molecule has 120 valence electrons. The van der Waals surface area contributed by atoms with Gasteiger partial charge in [-0.3, -0.25) is 0 Å². The number of halogens is 3. The molecule has 1 aromatic rings. The number of nitrogens with one attached hydrogen (secondary N) is 1. The van der Waals surface area contributed by atoms with Crippen LogP contribution in [0.4, 0.5) is 13.2 Å². The first-order valence-corrected chi connectivity index (χ1v) is 6.89. The van der Waals surface area contributed by atoms with Gasteiger partial charge in [-0.1, -0.05) is 19.1 Å². The monoisotopic (exact) mass is 305 g/mol. The van der Waals surface area contributed by atoms with E-state index in [2.05, 4.69) is 23.9 Å². The number of ether oxygens (including phenoxy) is 2. The highest BCUT2D eigenvalue weighted by molar-refractivity contribution is 5.27. The van der Waals surface area contributed by atoms with Crippen LogP contribution in [0.25, 0.3) is 0 Å². The highest BCUT2D eigenvalue weighted by atomic mass is 19.4. The maximum absolute atomic E-state index is 12.1. The molecule has 0 aromatic heterocycles. The van der Waals surface area contributed by atoms with Crippen LogP contribution in [0.15, 0.2) is 24.3 Å². The number of rotatable bonds is 8. The van der Waals surface area contributed by atoms with E-state index in [4.69, 9.17) is 4.74 Å². The van der Waals surface area contributed by atoms with Crippen LogP contribution in [0.5, 0.6) is 5.75 Å². The van der Waals surface area contributed by atoms with E-state index in [1.54, 1.807) is 19.2 Å². The number of methoxy groups -OCH3 is 1. The number of benzene rings is 1. The maximum Gasteiger partial charge on any atom is 0.573 e. The minimum absolute atomic E-state index is 0.190. The number of alkyl halides is 3. The van der Waals surface area contributed by atoms with E-state index in [0.29, 0.717) is 18.6 Å². The lowest BCUT2D eigenvalue weighted by Crippen LogP contribution is -2.35. The van der Waals surface area contributed by atoms with Gasteiger partial charge in [0.05, 0.1) is 6.61 Å². The molecule has 0 spiro atoms. The van der Waals surface area contributed by atoms with Crippen LogP contribution < -0.4 is 10.1 Å². The van der Waals surface area contributed by atoms with Gasteiger partial charge >= 0.3 is 6.36 Å². The van der Waals surface area contributed by atoms with E-state index >= 15 is 0 Å². The van der Waals surface area contributed by atoms with Crippen molar-refractivity contribution in [2.24, 2.45) is 5.92 Å². The van der Waals surface area contributed by atoms with Gasteiger partial charge < -0.3 is 14.8 Å². The first-order chi connectivity index (χ1) is 9.81. The van der Waals surface area contributed by atoms with Gasteiger partial charge in [-0.15, -0.1) is 13.2 Å². The molecule has 0 heterocycles. The molecule has 0 amide bonds. The third kappa shape index (κ3) is 7.34. The molecule has 21 heavy (non-hydrogen) atoms. The maximum atomic E-state index is 12.1. The summed E-state index contributed by atoms with van der Waals surface area (Å²) in [5.74, 6) is 0.168. The van der Waals surface area contributed by atoms with E-state index in [1.807, 2.05) is 0 Å². The Morgan fingerprint density at radius 3 is 2.29 bits per heavy atom. The summed E-state index contributed by atoms with van der Waals surface area (Å²) in [7, 11) is 1.65. The molecule has 2 unspecified atom stereocenters. The Kier molecular flexibility index (Phi) is 6.98. The quantitative estimate of drug-likeness (QED) is 0.747. The summed E-state index contributed by atoms with van der Waals surface area (Å²) in [6.45, 7) is 5.62. The van der Waals surface area contributed by atoms with Gasteiger partial charge in [-0.25, -0.2) is 0 Å². The lowest BCUT2D eigenvalue weighted by molar-refractivity contribution is -0.274. The molecule has 1 rings (SSSR count). The fraction of sp³-hybridized carbons (Fsp3) is 0.600. The van der Waals surface area contributed by atoms with Crippen LogP contribution in [-0.4, -0.2) is 32.7 Å². The van der Waals surface area contributed by atoms with Crippen LogP contribution in [0.1, 0.15) is 19.4 Å². The second-order valence-corrected chi connectivity index (χ2v) is 5.11. The van der Waals surface area contributed by atoms with Gasteiger partial charge in [0.25, 0.3) is 0 Å². The molecule has 0 fully saturated rings. The van der Waals surface area contributed by atoms with Gasteiger partial charge in [0.1, 0.15) is 5.75 Å². The Morgan fingerprint density at radius 1 is 1.14 bits per heavy atom. The third-order valence-corrected chi connectivity index (χ3v) is 3.34. The van der Waals surface area contributed by atoms with Crippen molar-refractivity contribution < 1.29 is 22.6 Å². The average molecular weight is 305 g/mol. The molecule has 0 saturated carbocycles. The SMILES string of the molecule is COCCNC(C)C(C)Cc1ccc(OC(F)(F)F)cc1. The van der Waals surface area contributed by atoms with E-state index in [9.17, 15) is 13.2 Å². The van der Waals surface area contributed by atoms with Crippen molar-refractivity contribution in [3.05, 3.63) is 29.8 Å². The predicted octanol–water partition coefficient (Wildman–Crippen LogP) is 3.39. The molecule has 0 aliphatic rings. The summed E-state index contributed by atoms with van der Waals surface area (Å²) in [6, 6.07) is 6.32. The summed E-state index contributed by atoms with van der Waals surface area (Å²) in [4.78, 5) is 0. The van der Waals surface area contributed by atoms with E-state index in [-0.39, 0.29) is 5.75 Å². The van der Waals surface area contributed by atoms with Crippen molar-refractivity contribution in [2.75, 3.05) is 20.3 Å². The summed E-state index contributed by atoms with van der Waals surface area (Å²) >= 11 is 0. The second-order valence-electron chi connectivity index (χ2n) is 5.11. The molecule has 6 heteroatoms. The molecule has 2 atom stereocenters. The molecule has 0 aliphatic carbocycles. The van der Waals surface area contributed by atoms with Gasteiger partial charge in [-0.05, 0) is 37.0 Å². The van der Waals surface area contributed by atoms with Crippen LogP contribution in [0.3, 0.4) is 0 Å². The van der Waals surface area contributed by atoms with Gasteiger partial charge in [-0.2, -0.15) is 0 Å². The highest BCUT2D eigenvalue weighted by Crippen LogP contribution is 2.23. The van der Waals surface area contributed by atoms with Crippen LogP contribution >= 0.6 is 0 Å². The third-order valence-electron chi connectivity index (χ3n) is 3.34. The largest absolute Gasteiger partial charge is 0.573 e.